The lowest BCUT2D eigenvalue weighted by Gasteiger charge is -2.19. The summed E-state index contributed by atoms with van der Waals surface area (Å²) in [4.78, 5) is 0. The van der Waals surface area contributed by atoms with E-state index in [9.17, 15) is 4.57 Å². The van der Waals surface area contributed by atoms with E-state index in [4.69, 9.17) is 80.8 Å². The van der Waals surface area contributed by atoms with Crippen molar-refractivity contribution in [3.8, 4) is 0 Å². The van der Waals surface area contributed by atoms with Crippen molar-refractivity contribution in [2.75, 3.05) is 12.3 Å². The standard InChI is InChI=1S/C4H4Cl7OP/c5-3(6,7)1-13(11,12)2-4(8,9)10/h1-2H2. The molecule has 0 saturated carbocycles. The molecule has 0 amide bonds. The van der Waals surface area contributed by atoms with Crippen LogP contribution in [0.4, 0.5) is 0 Å². The lowest BCUT2D eigenvalue weighted by molar-refractivity contribution is 0.584. The highest BCUT2D eigenvalue weighted by Crippen LogP contribution is 2.60. The first-order valence-electron chi connectivity index (χ1n) is 2.83. The Hall–Kier alpha value is 2.26. The van der Waals surface area contributed by atoms with Gasteiger partial charge < -0.3 is 4.57 Å². The summed E-state index contributed by atoms with van der Waals surface area (Å²) in [6, 6.07) is 0. The monoisotopic (exact) mass is 344 g/mol. The summed E-state index contributed by atoms with van der Waals surface area (Å²) in [6.07, 6.45) is -0.666. The third-order valence-corrected chi connectivity index (χ3v) is 5.36. The molecule has 0 fully saturated rings. The van der Waals surface area contributed by atoms with Gasteiger partial charge in [0.15, 0.2) is 14.1 Å². The molecule has 0 atom stereocenters. The molecule has 0 aliphatic heterocycles. The molecule has 0 radical (unpaired) electrons. The summed E-state index contributed by atoms with van der Waals surface area (Å²) < 4.78 is 8.10. The van der Waals surface area contributed by atoms with Crippen LogP contribution in [0.3, 0.4) is 0 Å². The van der Waals surface area contributed by atoms with Crippen molar-refractivity contribution in [2.45, 2.75) is 7.59 Å². The van der Waals surface area contributed by atoms with Gasteiger partial charge in [-0.05, 0) is 0 Å². The lowest BCUT2D eigenvalue weighted by Crippen LogP contribution is -2.15. The molecule has 0 unspecified atom stereocenters. The average molecular weight is 347 g/mol. The Morgan fingerprint density at radius 3 is 1.23 bits per heavy atom. The van der Waals surface area contributed by atoms with Crippen LogP contribution in [0.5, 0.6) is 0 Å². The van der Waals surface area contributed by atoms with E-state index in [0.717, 1.165) is 0 Å². The van der Waals surface area contributed by atoms with Crippen LogP contribution >= 0.6 is 87.3 Å². The fourth-order valence-electron chi connectivity index (χ4n) is 0.591. The summed E-state index contributed by atoms with van der Waals surface area (Å²) in [5.41, 5.74) is 0. The van der Waals surface area contributed by atoms with Gasteiger partial charge in [0.05, 0.1) is 12.3 Å². The first-order chi connectivity index (χ1) is 5.41. The van der Waals surface area contributed by atoms with Gasteiger partial charge in [-0.1, -0.05) is 80.8 Å². The topological polar surface area (TPSA) is 17.1 Å². The second-order valence-corrected chi connectivity index (χ2v) is 11.4. The van der Waals surface area contributed by atoms with E-state index < -0.39 is 14.1 Å². The smallest absolute Gasteiger partial charge is 0.198 e. The quantitative estimate of drug-likeness (QED) is 0.493. The third-order valence-electron chi connectivity index (χ3n) is 0.831. The molecule has 0 N–H and O–H groups in total. The Morgan fingerprint density at radius 2 is 1.08 bits per heavy atom. The molecule has 0 aromatic carbocycles. The van der Waals surface area contributed by atoms with Crippen molar-refractivity contribution in [1.82, 2.24) is 0 Å². The van der Waals surface area contributed by atoms with Crippen LogP contribution in [0.1, 0.15) is 0 Å². The van der Waals surface area contributed by atoms with E-state index in [1.165, 1.54) is 0 Å². The van der Waals surface area contributed by atoms with Gasteiger partial charge in [-0.15, -0.1) is 0 Å². The fraction of sp³-hybridized carbons (Fsp3) is 1.00. The number of hydrogen-bond acceptors (Lipinski definition) is 1. The second kappa shape index (κ2) is 5.06. The predicted molar refractivity (Wildman–Crippen MR) is 63.8 cm³/mol. The summed E-state index contributed by atoms with van der Waals surface area (Å²) in [5, 5.41) is 0. The average Bonchev–Trinajstić information content (AvgIpc) is 1.43. The van der Waals surface area contributed by atoms with Crippen molar-refractivity contribution in [2.24, 2.45) is 0 Å². The molecule has 80 valence electrons. The summed E-state index contributed by atoms with van der Waals surface area (Å²) in [7, 11) is 0. The summed E-state index contributed by atoms with van der Waals surface area (Å²) in [5.74, 6) is 0. The maximum atomic E-state index is 11.5. The Labute approximate surface area is 111 Å². The zero-order valence-corrected chi connectivity index (χ0v) is 12.1. The molecule has 9 heteroatoms. The number of rotatable bonds is 2. The Kier molecular flexibility index (Phi) is 5.94. The van der Waals surface area contributed by atoms with E-state index in [0.29, 0.717) is 0 Å². The minimum Gasteiger partial charge on any atom is -0.306 e. The number of alkyl halides is 6. The van der Waals surface area contributed by atoms with Gasteiger partial charge in [-0.2, -0.15) is 0 Å². The van der Waals surface area contributed by atoms with Crippen molar-refractivity contribution in [3.63, 3.8) is 0 Å². The molecular formula is C4H4Cl7OP. The molecule has 0 saturated heterocycles. The molecule has 0 aromatic rings. The van der Waals surface area contributed by atoms with Crippen LogP contribution in [0, 0.1) is 0 Å². The highest BCUT2D eigenvalue weighted by atomic mass is 35.7. The Bertz CT molecular complexity index is 196. The molecule has 0 rings (SSSR count). The molecule has 0 spiro atoms. The normalized spacial score (nSPS) is 14.7. The molecule has 13 heavy (non-hydrogen) atoms. The zero-order chi connectivity index (χ0) is 10.9. The zero-order valence-electron chi connectivity index (χ0n) is 5.92. The molecule has 1 nitrogen and oxygen atoms in total. The largest absolute Gasteiger partial charge is 0.306 e. The van der Waals surface area contributed by atoms with Gasteiger partial charge in [0, 0.05) is 0 Å². The van der Waals surface area contributed by atoms with Crippen LogP contribution in [-0.2, 0) is 4.57 Å². The van der Waals surface area contributed by atoms with E-state index in [1.54, 1.807) is 0 Å². The van der Waals surface area contributed by atoms with Crippen LogP contribution in [0.2, 0.25) is 0 Å². The number of halogens is 7. The van der Waals surface area contributed by atoms with Crippen LogP contribution < -0.4 is 0 Å². The van der Waals surface area contributed by atoms with Crippen molar-refractivity contribution in [3.05, 3.63) is 0 Å². The molecule has 0 aliphatic carbocycles. The van der Waals surface area contributed by atoms with Gasteiger partial charge in [0.25, 0.3) is 0 Å². The summed E-state index contributed by atoms with van der Waals surface area (Å²) in [6.45, 7) is -3.26. The highest BCUT2D eigenvalue weighted by molar-refractivity contribution is 7.89. The van der Waals surface area contributed by atoms with Gasteiger partial charge in [0.1, 0.15) is 0 Å². The van der Waals surface area contributed by atoms with Crippen molar-refractivity contribution < 1.29 is 4.57 Å². The van der Waals surface area contributed by atoms with Gasteiger partial charge in [0.2, 0.25) is 0 Å². The minimum absolute atomic E-state index is 0.333. The molecule has 0 heterocycles. The maximum absolute atomic E-state index is 11.5. The van der Waals surface area contributed by atoms with E-state index in [2.05, 4.69) is 0 Å². The van der Waals surface area contributed by atoms with Crippen molar-refractivity contribution >= 4 is 87.3 Å². The van der Waals surface area contributed by atoms with Crippen LogP contribution in [0.15, 0.2) is 0 Å². The van der Waals surface area contributed by atoms with E-state index >= 15 is 0 Å². The van der Waals surface area contributed by atoms with Crippen molar-refractivity contribution in [1.29, 1.82) is 0 Å². The van der Waals surface area contributed by atoms with Gasteiger partial charge in [-0.25, -0.2) is 0 Å². The highest BCUT2D eigenvalue weighted by Gasteiger charge is 2.38. The first kappa shape index (κ1) is 15.3. The minimum atomic E-state index is -3.26. The van der Waals surface area contributed by atoms with E-state index in [1.807, 2.05) is 0 Å². The fourth-order valence-corrected chi connectivity index (χ4v) is 7.43. The first-order valence-corrected chi connectivity index (χ1v) is 8.08. The lowest BCUT2D eigenvalue weighted by atomic mass is 10.9. The Balaban J connectivity index is 4.35. The van der Waals surface area contributed by atoms with Gasteiger partial charge in [-0.3, -0.25) is 0 Å². The predicted octanol–water partition coefficient (Wildman–Crippen LogP) is 5.24. The molecular weight excluding hydrogens is 343 g/mol. The maximum Gasteiger partial charge on any atom is 0.198 e. The SMILES string of the molecule is O=P(Cl)(CC(Cl)(Cl)Cl)CC(Cl)(Cl)Cl. The summed E-state index contributed by atoms with van der Waals surface area (Å²) >= 11 is 37.9. The van der Waals surface area contributed by atoms with E-state index in [-0.39, 0.29) is 12.3 Å². The molecule has 0 aromatic heterocycles. The molecule has 0 aliphatic rings. The number of hydrogen-bond donors (Lipinski definition) is 0. The van der Waals surface area contributed by atoms with Crippen LogP contribution in [0.25, 0.3) is 0 Å². The van der Waals surface area contributed by atoms with Gasteiger partial charge >= 0.3 is 0 Å². The Morgan fingerprint density at radius 1 is 0.846 bits per heavy atom. The third kappa shape index (κ3) is 10.5. The second-order valence-electron chi connectivity index (χ2n) is 2.34. The van der Waals surface area contributed by atoms with Crippen LogP contribution in [-0.4, -0.2) is 19.9 Å². The molecule has 0 bridgehead atoms.